The molecule has 0 aromatic heterocycles. The molecule has 0 spiro atoms. The van der Waals surface area contributed by atoms with E-state index in [4.69, 9.17) is 4.74 Å². The van der Waals surface area contributed by atoms with Gasteiger partial charge in [-0.15, -0.1) is 0 Å². The summed E-state index contributed by atoms with van der Waals surface area (Å²) in [6.07, 6.45) is 4.63. The predicted molar refractivity (Wildman–Crippen MR) is 78.8 cm³/mol. The van der Waals surface area contributed by atoms with Crippen LogP contribution in [0.2, 0.25) is 0 Å². The van der Waals surface area contributed by atoms with E-state index in [1.807, 2.05) is 31.2 Å². The van der Waals surface area contributed by atoms with Crippen LogP contribution in [0.1, 0.15) is 39.5 Å². The van der Waals surface area contributed by atoms with Gasteiger partial charge in [-0.05, 0) is 37.6 Å². The Hall–Kier alpha value is -1.71. The average Bonchev–Trinajstić information content (AvgIpc) is 2.41. The minimum absolute atomic E-state index is 0.152. The van der Waals surface area contributed by atoms with Crippen LogP contribution in [-0.2, 0) is 0 Å². The molecule has 1 aromatic rings. The third kappa shape index (κ3) is 6.70. The van der Waals surface area contributed by atoms with Gasteiger partial charge in [0.15, 0.2) is 0 Å². The van der Waals surface area contributed by atoms with E-state index in [9.17, 15) is 4.79 Å². The summed E-state index contributed by atoms with van der Waals surface area (Å²) < 4.78 is 5.34. The first-order chi connectivity index (χ1) is 9.26. The summed E-state index contributed by atoms with van der Waals surface area (Å²) in [5.74, 6) is 0.813. The van der Waals surface area contributed by atoms with Crippen molar-refractivity contribution >= 4 is 11.7 Å². The summed E-state index contributed by atoms with van der Waals surface area (Å²) in [7, 11) is 0. The number of amides is 2. The molecule has 0 saturated carbocycles. The van der Waals surface area contributed by atoms with Crippen molar-refractivity contribution in [2.45, 2.75) is 39.5 Å². The number of unbranched alkanes of at least 4 members (excludes halogenated alkanes) is 3. The van der Waals surface area contributed by atoms with Gasteiger partial charge < -0.3 is 15.4 Å². The molecule has 0 bridgehead atoms. The highest BCUT2D eigenvalue weighted by atomic mass is 16.5. The molecule has 1 rings (SSSR count). The van der Waals surface area contributed by atoms with Gasteiger partial charge in [0.2, 0.25) is 0 Å². The Balaban J connectivity index is 2.24. The molecule has 106 valence electrons. The number of hydrogen-bond acceptors (Lipinski definition) is 2. The normalized spacial score (nSPS) is 10.0. The molecule has 4 heteroatoms. The number of hydrogen-bond donors (Lipinski definition) is 2. The third-order valence-corrected chi connectivity index (χ3v) is 2.74. The number of nitrogens with one attached hydrogen (secondary N) is 2. The molecule has 0 aliphatic rings. The zero-order valence-corrected chi connectivity index (χ0v) is 11.9. The van der Waals surface area contributed by atoms with Crippen LogP contribution < -0.4 is 15.4 Å². The fourth-order valence-corrected chi connectivity index (χ4v) is 1.73. The molecule has 1 aromatic carbocycles. The Kier molecular flexibility index (Phi) is 7.47. The quantitative estimate of drug-likeness (QED) is 0.702. The van der Waals surface area contributed by atoms with Gasteiger partial charge in [-0.1, -0.05) is 26.2 Å². The summed E-state index contributed by atoms with van der Waals surface area (Å²) in [6, 6.07) is 7.21. The highest BCUT2D eigenvalue weighted by Crippen LogP contribution is 2.15. The largest absolute Gasteiger partial charge is 0.494 e. The molecule has 0 saturated heterocycles. The lowest BCUT2D eigenvalue weighted by Crippen LogP contribution is -2.29. The topological polar surface area (TPSA) is 50.4 Å². The standard InChI is InChI=1S/C15H24N2O2/c1-3-5-6-7-12-16-15(18)17-13-8-10-14(11-9-13)19-4-2/h8-11H,3-7,12H2,1-2H3,(H2,16,17,18). The van der Waals surface area contributed by atoms with E-state index in [2.05, 4.69) is 17.6 Å². The molecule has 4 nitrogen and oxygen atoms in total. The summed E-state index contributed by atoms with van der Waals surface area (Å²) in [6.45, 7) is 5.48. The Morgan fingerprint density at radius 3 is 2.47 bits per heavy atom. The van der Waals surface area contributed by atoms with Crippen molar-refractivity contribution in [1.82, 2.24) is 5.32 Å². The molecule has 19 heavy (non-hydrogen) atoms. The van der Waals surface area contributed by atoms with Crippen LogP contribution in [0, 0.1) is 0 Å². The molecule has 2 N–H and O–H groups in total. The Labute approximate surface area is 115 Å². The smallest absolute Gasteiger partial charge is 0.319 e. The predicted octanol–water partition coefficient (Wildman–Crippen LogP) is 3.79. The van der Waals surface area contributed by atoms with Crippen LogP contribution in [0.15, 0.2) is 24.3 Å². The second-order valence-corrected chi connectivity index (χ2v) is 4.40. The van der Waals surface area contributed by atoms with Gasteiger partial charge in [0, 0.05) is 12.2 Å². The van der Waals surface area contributed by atoms with Crippen LogP contribution in [0.25, 0.3) is 0 Å². The molecule has 0 radical (unpaired) electrons. The van der Waals surface area contributed by atoms with E-state index in [0.29, 0.717) is 6.61 Å². The fourth-order valence-electron chi connectivity index (χ4n) is 1.73. The molecule has 0 atom stereocenters. The van der Waals surface area contributed by atoms with Crippen molar-refractivity contribution in [2.75, 3.05) is 18.5 Å². The molecule has 0 heterocycles. The van der Waals surface area contributed by atoms with E-state index in [1.165, 1.54) is 19.3 Å². The average molecular weight is 264 g/mol. The van der Waals surface area contributed by atoms with Crippen molar-refractivity contribution in [3.05, 3.63) is 24.3 Å². The molecular formula is C15H24N2O2. The SMILES string of the molecule is CCCCCCNC(=O)Nc1ccc(OCC)cc1. The lowest BCUT2D eigenvalue weighted by molar-refractivity contribution is 0.252. The summed E-state index contributed by atoms with van der Waals surface area (Å²) in [5.41, 5.74) is 0.773. The lowest BCUT2D eigenvalue weighted by atomic mass is 10.2. The van der Waals surface area contributed by atoms with E-state index in [-0.39, 0.29) is 6.03 Å². The van der Waals surface area contributed by atoms with Gasteiger partial charge in [-0.25, -0.2) is 4.79 Å². The van der Waals surface area contributed by atoms with Crippen LogP contribution in [-0.4, -0.2) is 19.2 Å². The number of urea groups is 1. The van der Waals surface area contributed by atoms with E-state index in [0.717, 1.165) is 24.4 Å². The number of carbonyl (C=O) groups is 1. The van der Waals surface area contributed by atoms with Crippen LogP contribution in [0.4, 0.5) is 10.5 Å². The minimum atomic E-state index is -0.152. The van der Waals surface area contributed by atoms with Gasteiger partial charge >= 0.3 is 6.03 Å². The van der Waals surface area contributed by atoms with Gasteiger partial charge in [0.05, 0.1) is 6.61 Å². The maximum Gasteiger partial charge on any atom is 0.319 e. The highest BCUT2D eigenvalue weighted by Gasteiger charge is 2.01. The summed E-state index contributed by atoms with van der Waals surface area (Å²) in [4.78, 5) is 11.6. The van der Waals surface area contributed by atoms with E-state index >= 15 is 0 Å². The Bertz CT molecular complexity index is 363. The van der Waals surface area contributed by atoms with Crippen molar-refractivity contribution in [3.8, 4) is 5.75 Å². The van der Waals surface area contributed by atoms with Gasteiger partial charge in [-0.2, -0.15) is 0 Å². The number of rotatable bonds is 8. The monoisotopic (exact) mass is 264 g/mol. The molecule has 2 amide bonds. The van der Waals surface area contributed by atoms with Crippen LogP contribution >= 0.6 is 0 Å². The molecule has 0 fully saturated rings. The maximum absolute atomic E-state index is 11.6. The van der Waals surface area contributed by atoms with Gasteiger partial charge in [0.25, 0.3) is 0 Å². The Morgan fingerprint density at radius 2 is 1.84 bits per heavy atom. The van der Waals surface area contributed by atoms with E-state index in [1.54, 1.807) is 0 Å². The third-order valence-electron chi connectivity index (χ3n) is 2.74. The molecule has 0 aliphatic heterocycles. The van der Waals surface area contributed by atoms with Gasteiger partial charge in [0.1, 0.15) is 5.75 Å². The zero-order valence-electron chi connectivity index (χ0n) is 11.9. The second-order valence-electron chi connectivity index (χ2n) is 4.40. The van der Waals surface area contributed by atoms with Crippen LogP contribution in [0.5, 0.6) is 5.75 Å². The molecule has 0 unspecified atom stereocenters. The highest BCUT2D eigenvalue weighted by molar-refractivity contribution is 5.89. The number of carbonyl (C=O) groups excluding carboxylic acids is 1. The summed E-state index contributed by atoms with van der Waals surface area (Å²) >= 11 is 0. The van der Waals surface area contributed by atoms with Crippen molar-refractivity contribution < 1.29 is 9.53 Å². The first-order valence-corrected chi connectivity index (χ1v) is 7.04. The minimum Gasteiger partial charge on any atom is -0.494 e. The molecule has 0 aliphatic carbocycles. The van der Waals surface area contributed by atoms with Crippen molar-refractivity contribution in [3.63, 3.8) is 0 Å². The number of benzene rings is 1. The lowest BCUT2D eigenvalue weighted by Gasteiger charge is -2.08. The van der Waals surface area contributed by atoms with Crippen molar-refractivity contribution in [2.24, 2.45) is 0 Å². The first kappa shape index (κ1) is 15.3. The Morgan fingerprint density at radius 1 is 1.11 bits per heavy atom. The first-order valence-electron chi connectivity index (χ1n) is 7.04. The number of anilines is 1. The van der Waals surface area contributed by atoms with Crippen LogP contribution in [0.3, 0.4) is 0 Å². The second kappa shape index (κ2) is 9.25. The maximum atomic E-state index is 11.6. The number of ether oxygens (including phenoxy) is 1. The van der Waals surface area contributed by atoms with Gasteiger partial charge in [-0.3, -0.25) is 0 Å². The zero-order chi connectivity index (χ0) is 13.9. The fraction of sp³-hybridized carbons (Fsp3) is 0.533. The van der Waals surface area contributed by atoms with Crippen molar-refractivity contribution in [1.29, 1.82) is 0 Å². The summed E-state index contributed by atoms with van der Waals surface area (Å²) in [5, 5.41) is 5.65. The molecular weight excluding hydrogens is 240 g/mol. The van der Waals surface area contributed by atoms with E-state index < -0.39 is 0 Å².